The molecule has 1 aliphatic heterocycles. The summed E-state index contributed by atoms with van der Waals surface area (Å²) in [6.07, 6.45) is 1.36. The molecular weight excluding hydrogens is 246 g/mol. The molecule has 2 heterocycles. The largest absolute Gasteiger partial charge is 0.390 e. The zero-order valence-corrected chi connectivity index (χ0v) is 11.4. The van der Waals surface area contributed by atoms with Crippen LogP contribution in [0.5, 0.6) is 0 Å². The van der Waals surface area contributed by atoms with Crippen LogP contribution in [0.4, 0.5) is 0 Å². The number of carbonyl (C=O) groups excluding carboxylic acids is 1. The van der Waals surface area contributed by atoms with Crippen LogP contribution < -0.4 is 5.32 Å². The van der Waals surface area contributed by atoms with E-state index in [1.54, 1.807) is 25.1 Å². The number of methoxy groups -OCH3 is 1. The summed E-state index contributed by atoms with van der Waals surface area (Å²) in [4.78, 5) is 14.1. The van der Waals surface area contributed by atoms with Crippen molar-refractivity contribution in [3.05, 3.63) is 24.0 Å². The van der Waals surface area contributed by atoms with Crippen LogP contribution in [0.25, 0.3) is 0 Å². The van der Waals surface area contributed by atoms with Crippen LogP contribution in [0.3, 0.4) is 0 Å². The molecule has 1 aliphatic rings. The molecule has 0 bridgehead atoms. The van der Waals surface area contributed by atoms with Crippen molar-refractivity contribution in [2.75, 3.05) is 33.9 Å². The van der Waals surface area contributed by atoms with Crippen molar-refractivity contribution >= 4 is 5.91 Å². The molecule has 6 nitrogen and oxygen atoms in total. The van der Waals surface area contributed by atoms with Gasteiger partial charge in [-0.1, -0.05) is 0 Å². The van der Waals surface area contributed by atoms with Crippen molar-refractivity contribution in [3.8, 4) is 0 Å². The monoisotopic (exact) mass is 267 g/mol. The van der Waals surface area contributed by atoms with Crippen LogP contribution in [-0.4, -0.2) is 66.5 Å². The molecule has 0 unspecified atom stereocenters. The molecule has 0 spiro atoms. The second-order valence-electron chi connectivity index (χ2n) is 4.79. The van der Waals surface area contributed by atoms with E-state index in [1.807, 2.05) is 16.8 Å². The van der Waals surface area contributed by atoms with Crippen LogP contribution in [0.15, 0.2) is 18.3 Å². The van der Waals surface area contributed by atoms with Gasteiger partial charge in [-0.05, 0) is 12.1 Å². The SMILES string of the molecule is COCCn1cccc1C(=O)N(C)[C@@H]1CNC[C@H]1O. The number of ether oxygens (including phenoxy) is 1. The Morgan fingerprint density at radius 3 is 3.05 bits per heavy atom. The highest BCUT2D eigenvalue weighted by Crippen LogP contribution is 2.13. The van der Waals surface area contributed by atoms with E-state index >= 15 is 0 Å². The maximum Gasteiger partial charge on any atom is 0.270 e. The van der Waals surface area contributed by atoms with E-state index in [9.17, 15) is 9.90 Å². The Bertz CT molecular complexity index is 433. The molecule has 106 valence electrons. The standard InChI is InChI=1S/C13H21N3O3/c1-15(11-8-14-9-12(11)17)13(18)10-4-3-5-16(10)6-7-19-2/h3-5,11-12,14,17H,6-9H2,1-2H3/t11-,12-/m1/s1. The lowest BCUT2D eigenvalue weighted by atomic mass is 10.2. The number of hydrogen-bond acceptors (Lipinski definition) is 4. The molecular formula is C13H21N3O3. The summed E-state index contributed by atoms with van der Waals surface area (Å²) in [5, 5.41) is 12.9. The van der Waals surface area contributed by atoms with Gasteiger partial charge in [-0.2, -0.15) is 0 Å². The smallest absolute Gasteiger partial charge is 0.270 e. The molecule has 2 rings (SSSR count). The van der Waals surface area contributed by atoms with Crippen LogP contribution in [0, 0.1) is 0 Å². The highest BCUT2D eigenvalue weighted by molar-refractivity contribution is 5.92. The summed E-state index contributed by atoms with van der Waals surface area (Å²) in [6.45, 7) is 2.37. The van der Waals surface area contributed by atoms with Gasteiger partial charge in [0.2, 0.25) is 0 Å². The molecule has 0 radical (unpaired) electrons. The second-order valence-corrected chi connectivity index (χ2v) is 4.79. The summed E-state index contributed by atoms with van der Waals surface area (Å²) in [5.74, 6) is -0.0751. The Labute approximate surface area is 113 Å². The fourth-order valence-electron chi connectivity index (χ4n) is 2.37. The first kappa shape index (κ1) is 14.0. The van der Waals surface area contributed by atoms with Crippen LogP contribution in [-0.2, 0) is 11.3 Å². The predicted octanol–water partition coefficient (Wildman–Crippen LogP) is -0.461. The Balaban J connectivity index is 2.08. The number of hydrogen-bond donors (Lipinski definition) is 2. The highest BCUT2D eigenvalue weighted by atomic mass is 16.5. The number of aliphatic hydroxyl groups is 1. The number of aliphatic hydroxyl groups excluding tert-OH is 1. The Morgan fingerprint density at radius 2 is 2.42 bits per heavy atom. The van der Waals surface area contributed by atoms with Gasteiger partial charge in [-0.3, -0.25) is 4.79 Å². The number of aromatic nitrogens is 1. The van der Waals surface area contributed by atoms with Crippen molar-refractivity contribution in [2.24, 2.45) is 0 Å². The Morgan fingerprint density at radius 1 is 1.63 bits per heavy atom. The predicted molar refractivity (Wildman–Crippen MR) is 71.1 cm³/mol. The number of likely N-dealkylation sites (N-methyl/N-ethyl adjacent to an activating group) is 1. The maximum atomic E-state index is 12.4. The zero-order chi connectivity index (χ0) is 13.8. The molecule has 1 saturated heterocycles. The average Bonchev–Trinajstić information content (AvgIpc) is 3.03. The number of amides is 1. The van der Waals surface area contributed by atoms with Gasteiger partial charge >= 0.3 is 0 Å². The average molecular weight is 267 g/mol. The lowest BCUT2D eigenvalue weighted by Gasteiger charge is -2.26. The van der Waals surface area contributed by atoms with Crippen LogP contribution >= 0.6 is 0 Å². The third-order valence-electron chi connectivity index (χ3n) is 3.55. The molecule has 2 N–H and O–H groups in total. The molecule has 1 amide bonds. The first-order valence-corrected chi connectivity index (χ1v) is 6.45. The third-order valence-corrected chi connectivity index (χ3v) is 3.55. The highest BCUT2D eigenvalue weighted by Gasteiger charge is 2.32. The lowest BCUT2D eigenvalue weighted by molar-refractivity contribution is 0.0569. The van der Waals surface area contributed by atoms with Gasteiger partial charge in [0.1, 0.15) is 5.69 Å². The molecule has 1 aromatic heterocycles. The Kier molecular flexibility index (Phi) is 4.57. The molecule has 2 atom stereocenters. The fourth-order valence-corrected chi connectivity index (χ4v) is 2.37. The van der Waals surface area contributed by atoms with Crippen molar-refractivity contribution < 1.29 is 14.6 Å². The molecule has 0 aliphatic carbocycles. The number of rotatable bonds is 5. The van der Waals surface area contributed by atoms with Gasteiger partial charge in [-0.15, -0.1) is 0 Å². The quantitative estimate of drug-likeness (QED) is 0.757. The number of β-amino-alcohol motifs (C(OH)–C–C–N with tert-alkyl or cyclic N) is 1. The minimum absolute atomic E-state index is 0.0751. The summed E-state index contributed by atoms with van der Waals surface area (Å²) in [7, 11) is 3.37. The minimum atomic E-state index is -0.503. The molecule has 1 fully saturated rings. The fraction of sp³-hybridized carbons (Fsp3) is 0.615. The first-order valence-electron chi connectivity index (χ1n) is 6.45. The normalized spacial score (nSPS) is 22.7. The van der Waals surface area contributed by atoms with Crippen molar-refractivity contribution in [1.29, 1.82) is 0 Å². The van der Waals surface area contributed by atoms with Crippen molar-refractivity contribution in [3.63, 3.8) is 0 Å². The van der Waals surface area contributed by atoms with E-state index in [4.69, 9.17) is 4.74 Å². The molecule has 6 heteroatoms. The topological polar surface area (TPSA) is 66.7 Å². The maximum absolute atomic E-state index is 12.4. The summed E-state index contributed by atoms with van der Waals surface area (Å²) in [5.41, 5.74) is 0.624. The first-order chi connectivity index (χ1) is 9.15. The van der Waals surface area contributed by atoms with Crippen molar-refractivity contribution in [1.82, 2.24) is 14.8 Å². The van der Waals surface area contributed by atoms with E-state index in [1.165, 1.54) is 0 Å². The van der Waals surface area contributed by atoms with E-state index in [0.717, 1.165) is 0 Å². The van der Waals surface area contributed by atoms with Gasteiger partial charge in [0, 0.05) is 40.0 Å². The van der Waals surface area contributed by atoms with Gasteiger partial charge in [0.25, 0.3) is 5.91 Å². The summed E-state index contributed by atoms with van der Waals surface area (Å²) >= 11 is 0. The molecule has 1 aromatic rings. The lowest BCUT2D eigenvalue weighted by Crippen LogP contribution is -2.44. The van der Waals surface area contributed by atoms with Gasteiger partial charge < -0.3 is 24.6 Å². The van der Waals surface area contributed by atoms with Gasteiger partial charge in [0.05, 0.1) is 18.8 Å². The van der Waals surface area contributed by atoms with Crippen molar-refractivity contribution in [2.45, 2.75) is 18.7 Å². The second kappa shape index (κ2) is 6.18. The number of nitrogens with one attached hydrogen (secondary N) is 1. The molecule has 19 heavy (non-hydrogen) atoms. The van der Waals surface area contributed by atoms with E-state index in [2.05, 4.69) is 5.32 Å². The zero-order valence-electron chi connectivity index (χ0n) is 11.4. The van der Waals surface area contributed by atoms with E-state index in [-0.39, 0.29) is 11.9 Å². The summed E-state index contributed by atoms with van der Waals surface area (Å²) in [6, 6.07) is 3.47. The summed E-state index contributed by atoms with van der Waals surface area (Å²) < 4.78 is 6.90. The van der Waals surface area contributed by atoms with Crippen LogP contribution in [0.2, 0.25) is 0 Å². The van der Waals surface area contributed by atoms with E-state index < -0.39 is 6.10 Å². The molecule has 0 aromatic carbocycles. The molecule has 0 saturated carbocycles. The number of carbonyl (C=O) groups is 1. The van der Waals surface area contributed by atoms with Gasteiger partial charge in [0.15, 0.2) is 0 Å². The van der Waals surface area contributed by atoms with E-state index in [0.29, 0.717) is 31.9 Å². The number of nitrogens with zero attached hydrogens (tertiary/aromatic N) is 2. The third kappa shape index (κ3) is 2.97. The Hall–Kier alpha value is -1.37. The minimum Gasteiger partial charge on any atom is -0.390 e. The van der Waals surface area contributed by atoms with Gasteiger partial charge in [-0.25, -0.2) is 0 Å². The van der Waals surface area contributed by atoms with Crippen LogP contribution in [0.1, 0.15) is 10.5 Å².